The van der Waals surface area contributed by atoms with Crippen LogP contribution >= 0.6 is 0 Å². The van der Waals surface area contributed by atoms with Gasteiger partial charge in [-0.3, -0.25) is 9.59 Å². The van der Waals surface area contributed by atoms with Crippen LogP contribution in [0, 0.1) is 13.8 Å². The van der Waals surface area contributed by atoms with Crippen molar-refractivity contribution in [3.05, 3.63) is 72.1 Å². The largest absolute Gasteiger partial charge is 0.319 e. The predicted molar refractivity (Wildman–Crippen MR) is 112 cm³/mol. The van der Waals surface area contributed by atoms with Crippen LogP contribution in [0.15, 0.2) is 66.0 Å². The molecule has 2 amide bonds. The number of amides is 2. The molecule has 4 rings (SSSR count). The van der Waals surface area contributed by atoms with Crippen molar-refractivity contribution in [2.24, 2.45) is 5.10 Å². The van der Waals surface area contributed by atoms with Crippen molar-refractivity contribution in [2.45, 2.75) is 26.7 Å². The van der Waals surface area contributed by atoms with E-state index in [1.165, 1.54) is 5.01 Å². The molecule has 7 nitrogen and oxygen atoms in total. The van der Waals surface area contributed by atoms with Gasteiger partial charge >= 0.3 is 0 Å². The number of nitrogens with one attached hydrogen (secondary N) is 1. The Bertz CT molecular complexity index is 1100. The lowest BCUT2D eigenvalue weighted by atomic mass is 10.1. The highest BCUT2D eigenvalue weighted by molar-refractivity contribution is 6.44. The third-order valence-corrected chi connectivity index (χ3v) is 4.79. The van der Waals surface area contributed by atoms with Gasteiger partial charge in [0.05, 0.1) is 17.1 Å². The number of carbonyl (C=O) groups excluding carboxylic acids is 2. The molecule has 1 aliphatic heterocycles. The van der Waals surface area contributed by atoms with E-state index in [1.54, 1.807) is 10.9 Å². The lowest BCUT2D eigenvalue weighted by Crippen LogP contribution is -2.36. The first kappa shape index (κ1) is 18.6. The maximum absolute atomic E-state index is 12.9. The molecule has 1 aromatic heterocycles. The maximum atomic E-state index is 12.9. The van der Waals surface area contributed by atoms with Gasteiger partial charge in [0.25, 0.3) is 5.91 Å². The Hall–Kier alpha value is -3.74. The molecule has 2 heterocycles. The number of hydrazone groups is 1. The van der Waals surface area contributed by atoms with Crippen LogP contribution in [0.2, 0.25) is 0 Å². The van der Waals surface area contributed by atoms with Gasteiger partial charge in [-0.05, 0) is 49.2 Å². The Kier molecular flexibility index (Phi) is 4.95. The maximum Gasteiger partial charge on any atom is 0.271 e. The summed E-state index contributed by atoms with van der Waals surface area (Å²) in [5.74, 6) is -0.445. The summed E-state index contributed by atoms with van der Waals surface area (Å²) in [6.45, 7) is 3.88. The molecule has 0 spiro atoms. The molecule has 1 N–H and O–H groups in total. The summed E-state index contributed by atoms with van der Waals surface area (Å²) in [6.07, 6.45) is 4.03. The van der Waals surface area contributed by atoms with Crippen LogP contribution in [0.5, 0.6) is 0 Å². The van der Waals surface area contributed by atoms with E-state index in [4.69, 9.17) is 0 Å². The fraction of sp³-hybridized carbons (Fsp3) is 0.182. The molecule has 1 aliphatic rings. The number of rotatable bonds is 4. The zero-order valence-electron chi connectivity index (χ0n) is 16.3. The first-order valence-corrected chi connectivity index (χ1v) is 9.41. The molecule has 29 heavy (non-hydrogen) atoms. The van der Waals surface area contributed by atoms with Crippen molar-refractivity contribution in [1.29, 1.82) is 0 Å². The lowest BCUT2D eigenvalue weighted by molar-refractivity contribution is -0.118. The molecule has 0 aliphatic carbocycles. The van der Waals surface area contributed by atoms with Gasteiger partial charge in [-0.25, -0.2) is 9.69 Å². The molecule has 0 saturated heterocycles. The minimum Gasteiger partial charge on any atom is -0.319 e. The standard InChI is InChI=1S/C22H21N5O2/c1-15-8-9-16(2)20(14-15)27-21(28)11-10-18(25-27)22(29)24-17-6-3-4-7-19(17)26-13-5-12-23-26/h3-9,12-14H,10-11H2,1-2H3,(H,24,29). The third kappa shape index (κ3) is 3.80. The minimum absolute atomic E-state index is 0.118. The molecule has 0 radical (unpaired) electrons. The molecule has 146 valence electrons. The topological polar surface area (TPSA) is 79.6 Å². The van der Waals surface area contributed by atoms with Crippen LogP contribution in [0.3, 0.4) is 0 Å². The summed E-state index contributed by atoms with van der Waals surface area (Å²) in [4.78, 5) is 25.4. The highest BCUT2D eigenvalue weighted by atomic mass is 16.2. The monoisotopic (exact) mass is 387 g/mol. The second kappa shape index (κ2) is 7.71. The molecule has 2 aromatic carbocycles. The Morgan fingerprint density at radius 2 is 1.86 bits per heavy atom. The van der Waals surface area contributed by atoms with Crippen LogP contribution in [0.1, 0.15) is 24.0 Å². The number of aromatic nitrogens is 2. The van der Waals surface area contributed by atoms with Crippen molar-refractivity contribution in [1.82, 2.24) is 9.78 Å². The van der Waals surface area contributed by atoms with Gasteiger partial charge < -0.3 is 5.32 Å². The number of hydrogen-bond acceptors (Lipinski definition) is 4. The van der Waals surface area contributed by atoms with Crippen LogP contribution in [0.4, 0.5) is 11.4 Å². The molecule has 0 fully saturated rings. The first-order chi connectivity index (χ1) is 14.0. The third-order valence-electron chi connectivity index (χ3n) is 4.79. The second-order valence-electron chi connectivity index (χ2n) is 6.96. The van der Waals surface area contributed by atoms with E-state index in [2.05, 4.69) is 15.5 Å². The zero-order valence-corrected chi connectivity index (χ0v) is 16.3. The number of anilines is 2. The van der Waals surface area contributed by atoms with Gasteiger partial charge in [-0.15, -0.1) is 0 Å². The second-order valence-corrected chi connectivity index (χ2v) is 6.96. The van der Waals surface area contributed by atoms with E-state index < -0.39 is 0 Å². The summed E-state index contributed by atoms with van der Waals surface area (Å²) in [7, 11) is 0. The van der Waals surface area contributed by atoms with Crippen LogP contribution < -0.4 is 10.3 Å². The van der Waals surface area contributed by atoms with E-state index in [9.17, 15) is 9.59 Å². The minimum atomic E-state index is -0.326. The molecule has 7 heteroatoms. The fourth-order valence-corrected chi connectivity index (χ4v) is 3.24. The normalized spacial score (nSPS) is 13.9. The van der Waals surface area contributed by atoms with Gasteiger partial charge in [0, 0.05) is 25.2 Å². The van der Waals surface area contributed by atoms with Gasteiger partial charge in [-0.2, -0.15) is 10.2 Å². The Balaban J connectivity index is 1.63. The quantitative estimate of drug-likeness (QED) is 0.743. The predicted octanol–water partition coefficient (Wildman–Crippen LogP) is 3.61. The number of hydrogen-bond donors (Lipinski definition) is 1. The van der Waals surface area contributed by atoms with Crippen molar-refractivity contribution < 1.29 is 9.59 Å². The number of nitrogens with zero attached hydrogens (tertiary/aromatic N) is 4. The molecular weight excluding hydrogens is 366 g/mol. The average Bonchev–Trinajstić information content (AvgIpc) is 3.25. The first-order valence-electron chi connectivity index (χ1n) is 9.41. The highest BCUT2D eigenvalue weighted by Crippen LogP contribution is 2.26. The van der Waals surface area contributed by atoms with E-state index in [0.29, 0.717) is 23.5 Å². The van der Waals surface area contributed by atoms with Gasteiger partial charge in [-0.1, -0.05) is 24.3 Å². The van der Waals surface area contributed by atoms with Crippen molar-refractivity contribution >= 4 is 28.9 Å². The Morgan fingerprint density at radius 1 is 1.03 bits per heavy atom. The molecule has 0 bridgehead atoms. The van der Waals surface area contributed by atoms with Crippen molar-refractivity contribution in [3.63, 3.8) is 0 Å². The summed E-state index contributed by atoms with van der Waals surface area (Å²) in [6, 6.07) is 15.1. The summed E-state index contributed by atoms with van der Waals surface area (Å²) in [5, 5.41) is 12.9. The lowest BCUT2D eigenvalue weighted by Gasteiger charge is -2.25. The summed E-state index contributed by atoms with van der Waals surface area (Å²) < 4.78 is 1.68. The van der Waals surface area contributed by atoms with E-state index in [0.717, 1.165) is 16.8 Å². The Morgan fingerprint density at radius 3 is 2.66 bits per heavy atom. The molecule has 3 aromatic rings. The number of para-hydroxylation sites is 2. The van der Waals surface area contributed by atoms with E-state index >= 15 is 0 Å². The van der Waals surface area contributed by atoms with Gasteiger partial charge in [0.15, 0.2) is 0 Å². The van der Waals surface area contributed by atoms with Crippen molar-refractivity contribution in [3.8, 4) is 5.69 Å². The summed E-state index contributed by atoms with van der Waals surface area (Å²) in [5.41, 5.74) is 4.36. The smallest absolute Gasteiger partial charge is 0.271 e. The number of aryl methyl sites for hydroxylation is 2. The highest BCUT2D eigenvalue weighted by Gasteiger charge is 2.27. The molecule has 0 atom stereocenters. The Labute approximate surface area is 168 Å². The average molecular weight is 387 g/mol. The number of carbonyl (C=O) groups is 2. The van der Waals surface area contributed by atoms with Gasteiger partial charge in [0.2, 0.25) is 5.91 Å². The van der Waals surface area contributed by atoms with E-state index in [1.807, 2.05) is 68.6 Å². The van der Waals surface area contributed by atoms with Crippen LogP contribution in [-0.4, -0.2) is 27.3 Å². The fourth-order valence-electron chi connectivity index (χ4n) is 3.24. The van der Waals surface area contributed by atoms with Gasteiger partial charge in [0.1, 0.15) is 5.71 Å². The zero-order chi connectivity index (χ0) is 20.4. The SMILES string of the molecule is Cc1ccc(C)c(N2N=C(C(=O)Nc3ccccc3-n3cccn3)CCC2=O)c1. The number of benzene rings is 2. The molecular formula is C22H21N5O2. The van der Waals surface area contributed by atoms with Crippen molar-refractivity contribution in [2.75, 3.05) is 10.3 Å². The molecule has 0 unspecified atom stereocenters. The molecule has 0 saturated carbocycles. The van der Waals surface area contributed by atoms with E-state index in [-0.39, 0.29) is 18.2 Å². The summed E-state index contributed by atoms with van der Waals surface area (Å²) >= 11 is 0. The van der Waals surface area contributed by atoms with Crippen LogP contribution in [-0.2, 0) is 9.59 Å². The van der Waals surface area contributed by atoms with Crippen LogP contribution in [0.25, 0.3) is 5.69 Å².